The molecule has 9 rings (SSSR count). The number of anilines is 1. The Morgan fingerprint density at radius 2 is 1.79 bits per heavy atom. The number of urea groups is 1. The molecule has 1 saturated heterocycles. The third-order valence-electron chi connectivity index (χ3n) is 14.5. The predicted molar refractivity (Wildman–Crippen MR) is 266 cm³/mol. The third kappa shape index (κ3) is 10.6. The van der Waals surface area contributed by atoms with Gasteiger partial charge in [0.2, 0.25) is 21.8 Å². The number of aromatic nitrogens is 2. The van der Waals surface area contributed by atoms with Crippen LogP contribution in [0.3, 0.4) is 0 Å². The fraction of sp³-hybridized carbons (Fsp3) is 0.529. The molecule has 5 heterocycles. The van der Waals surface area contributed by atoms with Gasteiger partial charge in [-0.15, -0.1) is 11.3 Å². The summed E-state index contributed by atoms with van der Waals surface area (Å²) >= 11 is 1.45. The lowest BCUT2D eigenvalue weighted by atomic mass is 9.84. The molecule has 374 valence electrons. The molecule has 70 heavy (non-hydrogen) atoms. The standard InChI is InChI=1S/C51H64N8O9S2/c1-31(2)52-50-56-42(30-69-50)40-26-44(37-21-20-35(67-3)24-39(37)53-40)68-36-25-43-46(60)57-51(48(62)63)27-34(51)17-10-5-4-6-11-18-38(47(61)59(43)28-36)54-49(64)55-41(32-14-8-7-9-15-32)29-58-23-22-33-16-12-13-19-45(33)70(58,65)66/h10,12-13,16-17,19-21,24,26,30-32,34,36,38,41,43H,4-9,11,14-15,18,22-23,25,27-29H2,1-3H3,(H,52,56)(H,57,60)(H,62,63)(H2,54,55,64)/t34?,36-,38+,41-,43+,51-/m1/s1. The van der Waals surface area contributed by atoms with Crippen molar-refractivity contribution in [1.29, 1.82) is 0 Å². The molecule has 3 aliphatic heterocycles. The van der Waals surface area contributed by atoms with Gasteiger partial charge in [-0.2, -0.15) is 4.31 Å². The van der Waals surface area contributed by atoms with Crippen molar-refractivity contribution < 1.29 is 42.2 Å². The first-order valence-electron chi connectivity index (χ1n) is 24.8. The molecule has 17 nitrogen and oxygen atoms in total. The van der Waals surface area contributed by atoms with Gasteiger partial charge in [-0.3, -0.25) is 9.59 Å². The van der Waals surface area contributed by atoms with E-state index >= 15 is 4.79 Å². The summed E-state index contributed by atoms with van der Waals surface area (Å²) in [6.45, 7) is 4.41. The van der Waals surface area contributed by atoms with Crippen LogP contribution in [0.1, 0.15) is 96.5 Å². The Kier molecular flexibility index (Phi) is 14.7. The number of ether oxygens (including phenoxy) is 2. The Bertz CT molecular complexity index is 2740. The number of fused-ring (bicyclic) bond motifs is 4. The number of amides is 4. The van der Waals surface area contributed by atoms with Crippen molar-refractivity contribution >= 4 is 61.2 Å². The summed E-state index contributed by atoms with van der Waals surface area (Å²) in [7, 11) is -2.24. The van der Waals surface area contributed by atoms with E-state index in [4.69, 9.17) is 19.4 Å². The number of carbonyl (C=O) groups is 4. The van der Waals surface area contributed by atoms with Crippen molar-refractivity contribution in [2.45, 2.75) is 138 Å². The van der Waals surface area contributed by atoms with E-state index in [1.54, 1.807) is 37.4 Å². The molecule has 4 amide bonds. The summed E-state index contributed by atoms with van der Waals surface area (Å²) in [6, 6.07) is 11.1. The predicted octanol–water partition coefficient (Wildman–Crippen LogP) is 6.88. The summed E-state index contributed by atoms with van der Waals surface area (Å²) < 4.78 is 41.7. The van der Waals surface area contributed by atoms with Crippen molar-refractivity contribution in [2.75, 3.05) is 32.1 Å². The smallest absolute Gasteiger partial charge is 0.330 e. The number of carboxylic acids is 1. The summed E-state index contributed by atoms with van der Waals surface area (Å²) in [4.78, 5) is 68.3. The van der Waals surface area contributed by atoms with Gasteiger partial charge < -0.3 is 40.7 Å². The molecular formula is C51H64N8O9S2. The van der Waals surface area contributed by atoms with Gasteiger partial charge >= 0.3 is 12.0 Å². The van der Waals surface area contributed by atoms with Crippen LogP contribution in [0.4, 0.5) is 9.93 Å². The first-order valence-corrected chi connectivity index (χ1v) is 27.1. The lowest BCUT2D eigenvalue weighted by Gasteiger charge is -2.36. The van der Waals surface area contributed by atoms with E-state index in [1.807, 2.05) is 49.6 Å². The molecule has 0 radical (unpaired) electrons. The topological polar surface area (TPSA) is 221 Å². The fourth-order valence-corrected chi connectivity index (χ4v) is 13.2. The molecule has 0 spiro atoms. The van der Waals surface area contributed by atoms with Crippen LogP contribution >= 0.6 is 11.3 Å². The normalized spacial score (nSPS) is 25.6. The van der Waals surface area contributed by atoms with Crippen LogP contribution in [0, 0.1) is 11.8 Å². The van der Waals surface area contributed by atoms with Gasteiger partial charge in [-0.05, 0) is 88.5 Å². The molecule has 19 heteroatoms. The number of pyridine rings is 1. The van der Waals surface area contributed by atoms with Gasteiger partial charge in [-0.1, -0.05) is 62.5 Å². The number of nitrogens with zero attached hydrogens (tertiary/aromatic N) is 4. The highest BCUT2D eigenvalue weighted by atomic mass is 32.2. The van der Waals surface area contributed by atoms with Crippen molar-refractivity contribution in [1.82, 2.24) is 35.1 Å². The number of hydrogen-bond acceptors (Lipinski definition) is 12. The largest absolute Gasteiger partial charge is 0.497 e. The number of nitrogens with one attached hydrogen (secondary N) is 4. The molecule has 2 aromatic carbocycles. The Morgan fingerprint density at radius 3 is 2.57 bits per heavy atom. The van der Waals surface area contributed by atoms with Crippen molar-refractivity contribution in [2.24, 2.45) is 11.8 Å². The van der Waals surface area contributed by atoms with E-state index in [0.717, 1.165) is 55.6 Å². The molecule has 2 aliphatic carbocycles. The molecule has 1 unspecified atom stereocenters. The zero-order chi connectivity index (χ0) is 49.2. The average Bonchev–Trinajstić information content (AvgIpc) is 3.60. The zero-order valence-corrected chi connectivity index (χ0v) is 41.7. The average molecular weight is 997 g/mol. The second-order valence-corrected chi connectivity index (χ2v) is 22.5. The molecule has 6 atom stereocenters. The maximum absolute atomic E-state index is 15.2. The monoisotopic (exact) mass is 996 g/mol. The lowest BCUT2D eigenvalue weighted by molar-refractivity contribution is -0.145. The van der Waals surface area contributed by atoms with E-state index in [9.17, 15) is 27.9 Å². The number of hydrogen-bond donors (Lipinski definition) is 5. The number of aliphatic carboxylic acids is 1. The van der Waals surface area contributed by atoms with Gasteiger partial charge in [0.05, 0.1) is 29.8 Å². The van der Waals surface area contributed by atoms with Crippen LogP contribution < -0.4 is 30.7 Å². The van der Waals surface area contributed by atoms with Crippen molar-refractivity contribution in [3.8, 4) is 22.9 Å². The van der Waals surface area contributed by atoms with Gasteiger partial charge in [0.1, 0.15) is 40.9 Å². The number of carbonyl (C=O) groups excluding carboxylic acids is 3. The number of allylic oxidation sites excluding steroid dienone is 1. The van der Waals surface area contributed by atoms with E-state index in [2.05, 4.69) is 21.3 Å². The summed E-state index contributed by atoms with van der Waals surface area (Å²) in [5, 5.41) is 26.1. The number of rotatable bonds is 12. The Hall–Kier alpha value is -5.79. The van der Waals surface area contributed by atoms with Crippen LogP contribution in [0.2, 0.25) is 0 Å². The SMILES string of the molecule is COc1ccc2c(O[C@@H]3C[C@H]4C(=O)N[C@]5(C(=O)O)CC5C=CCCCCC[C@H](NC(=O)N[C@H](CN5CCc6ccccc6S5(=O)=O)C5CCCCC5)C(=O)N4C3)cc(-c3csc(NC(C)C)n3)nc2c1. The minimum Gasteiger partial charge on any atom is -0.497 e. The summed E-state index contributed by atoms with van der Waals surface area (Å²) in [5.41, 5.74) is 1.03. The number of sulfonamides is 1. The van der Waals surface area contributed by atoms with E-state index in [-0.39, 0.29) is 49.2 Å². The van der Waals surface area contributed by atoms with E-state index in [1.165, 1.54) is 20.5 Å². The Labute approximate surface area is 413 Å². The van der Waals surface area contributed by atoms with Crippen LogP contribution in [-0.2, 0) is 30.8 Å². The maximum Gasteiger partial charge on any atom is 0.330 e. The second kappa shape index (κ2) is 20.9. The fourth-order valence-electron chi connectivity index (χ4n) is 10.7. The highest BCUT2D eigenvalue weighted by Gasteiger charge is 2.61. The highest BCUT2D eigenvalue weighted by Crippen LogP contribution is 2.46. The van der Waals surface area contributed by atoms with E-state index in [0.29, 0.717) is 59.6 Å². The van der Waals surface area contributed by atoms with Gasteiger partial charge in [-0.25, -0.2) is 28.0 Å². The molecular weight excluding hydrogens is 933 g/mol. The number of benzene rings is 2. The zero-order valence-electron chi connectivity index (χ0n) is 40.0. The highest BCUT2D eigenvalue weighted by molar-refractivity contribution is 7.89. The second-order valence-electron chi connectivity index (χ2n) is 19.7. The number of methoxy groups -OCH3 is 1. The number of thiazole rings is 1. The molecule has 5 aliphatic rings. The summed E-state index contributed by atoms with van der Waals surface area (Å²) in [5.74, 6) is -1.58. The summed E-state index contributed by atoms with van der Waals surface area (Å²) in [6.07, 6.45) is 11.7. The molecule has 3 fully saturated rings. The third-order valence-corrected chi connectivity index (χ3v) is 17.3. The molecule has 5 N–H and O–H groups in total. The number of carboxylic acid groups (broad SMARTS) is 1. The van der Waals surface area contributed by atoms with Crippen LogP contribution in [0.15, 0.2) is 71.0 Å². The van der Waals surface area contributed by atoms with Crippen molar-refractivity contribution in [3.05, 3.63) is 71.6 Å². The quantitative estimate of drug-likeness (QED) is 0.0918. The minimum absolute atomic E-state index is 0.0288. The van der Waals surface area contributed by atoms with Gasteiger partial charge in [0.15, 0.2) is 5.13 Å². The minimum atomic E-state index is -3.81. The lowest BCUT2D eigenvalue weighted by Crippen LogP contribution is -2.59. The van der Waals surface area contributed by atoms with Gasteiger partial charge in [0, 0.05) is 60.4 Å². The molecule has 2 saturated carbocycles. The molecule has 0 bridgehead atoms. The van der Waals surface area contributed by atoms with Crippen LogP contribution in [0.5, 0.6) is 11.5 Å². The van der Waals surface area contributed by atoms with Crippen LogP contribution in [0.25, 0.3) is 22.3 Å². The first kappa shape index (κ1) is 49.2. The van der Waals surface area contributed by atoms with Gasteiger partial charge in [0.25, 0.3) is 0 Å². The van der Waals surface area contributed by atoms with E-state index < -0.39 is 69.5 Å². The Balaban J connectivity index is 1.00. The molecule has 2 aromatic heterocycles. The first-order chi connectivity index (χ1) is 33.7. The Morgan fingerprint density at radius 1 is 1.00 bits per heavy atom. The maximum atomic E-state index is 15.2. The van der Waals surface area contributed by atoms with Crippen molar-refractivity contribution in [3.63, 3.8) is 0 Å². The molecule has 4 aromatic rings. The van der Waals surface area contributed by atoms with Crippen LogP contribution in [-0.4, -0.2) is 119 Å².